The molecular weight excluding hydrogens is 519 g/mol. The number of amides is 1. The number of benzene rings is 1. The van der Waals surface area contributed by atoms with Crippen LogP contribution >= 0.6 is 35.6 Å². The zero-order valence-corrected chi connectivity index (χ0v) is 20.8. The molecule has 0 aromatic heterocycles. The highest BCUT2D eigenvalue weighted by molar-refractivity contribution is 14.0. The topological polar surface area (TPSA) is 66.4 Å². The Bertz CT molecular complexity index is 707. The predicted molar refractivity (Wildman–Crippen MR) is 130 cm³/mol. The van der Waals surface area contributed by atoms with Gasteiger partial charge in [-0.15, -0.1) is 24.0 Å². The molecule has 2 fully saturated rings. The third-order valence-corrected chi connectivity index (χ3v) is 5.58. The summed E-state index contributed by atoms with van der Waals surface area (Å²) in [7, 11) is 1.68. The largest absolute Gasteiger partial charge is 0.375 e. The molecule has 0 radical (unpaired) electrons. The van der Waals surface area contributed by atoms with Crippen LogP contribution < -0.4 is 5.32 Å². The van der Waals surface area contributed by atoms with Crippen molar-refractivity contribution in [3.63, 3.8) is 0 Å². The number of rotatable bonds is 6. The zero-order valence-electron chi connectivity index (χ0n) is 17.7. The molecule has 2 aliphatic rings. The lowest BCUT2D eigenvalue weighted by Crippen LogP contribution is -2.55. The van der Waals surface area contributed by atoms with Crippen LogP contribution in [0.4, 0.5) is 0 Å². The Morgan fingerprint density at radius 2 is 2.07 bits per heavy atom. The maximum Gasteiger partial charge on any atom is 0.251 e. The van der Waals surface area contributed by atoms with Gasteiger partial charge >= 0.3 is 0 Å². The highest BCUT2D eigenvalue weighted by Crippen LogP contribution is 2.21. The minimum absolute atomic E-state index is 0. The molecule has 0 bridgehead atoms. The number of ether oxygens (including phenoxy) is 2. The molecule has 0 aliphatic carbocycles. The van der Waals surface area contributed by atoms with E-state index in [2.05, 4.69) is 17.1 Å². The average molecular weight is 551 g/mol. The van der Waals surface area contributed by atoms with E-state index in [4.69, 9.17) is 26.1 Å². The van der Waals surface area contributed by atoms with Crippen molar-refractivity contribution in [2.45, 2.75) is 32.0 Å². The number of hydrogen-bond acceptors (Lipinski definition) is 4. The first-order chi connectivity index (χ1) is 14.1. The van der Waals surface area contributed by atoms with Crippen molar-refractivity contribution in [1.82, 2.24) is 15.1 Å². The lowest BCUT2D eigenvalue weighted by atomic mass is 10.1. The van der Waals surface area contributed by atoms with Gasteiger partial charge in [0.05, 0.1) is 6.54 Å². The molecule has 1 aromatic rings. The van der Waals surface area contributed by atoms with Crippen LogP contribution in [0.15, 0.2) is 29.3 Å². The van der Waals surface area contributed by atoms with E-state index >= 15 is 0 Å². The molecule has 168 valence electrons. The standard InChI is InChI=1S/C21H31ClN4O3.HI/c1-3-23-21(24-15-19(28-2)16-6-4-7-17(22)14-16)26-11-9-25(10-12-26)20(27)18-8-5-13-29-18;/h4,6-7,14,18-19H,3,5,8-13,15H2,1-2H3,(H,23,24);1H. The molecule has 2 saturated heterocycles. The van der Waals surface area contributed by atoms with Crippen LogP contribution in [0.25, 0.3) is 0 Å². The summed E-state index contributed by atoms with van der Waals surface area (Å²) in [5, 5.41) is 4.05. The number of nitrogens with one attached hydrogen (secondary N) is 1. The van der Waals surface area contributed by atoms with E-state index < -0.39 is 0 Å². The van der Waals surface area contributed by atoms with E-state index in [0.717, 1.165) is 44.0 Å². The summed E-state index contributed by atoms with van der Waals surface area (Å²) in [4.78, 5) is 21.5. The number of guanidine groups is 1. The molecule has 2 aliphatic heterocycles. The van der Waals surface area contributed by atoms with Gasteiger partial charge in [0.1, 0.15) is 12.2 Å². The van der Waals surface area contributed by atoms with Gasteiger partial charge in [-0.3, -0.25) is 9.79 Å². The molecule has 3 rings (SSSR count). The highest BCUT2D eigenvalue weighted by atomic mass is 127. The van der Waals surface area contributed by atoms with Crippen molar-refractivity contribution in [2.75, 3.05) is 53.0 Å². The van der Waals surface area contributed by atoms with Crippen molar-refractivity contribution < 1.29 is 14.3 Å². The molecule has 0 saturated carbocycles. The first-order valence-electron chi connectivity index (χ1n) is 10.3. The Balaban J connectivity index is 0.00000320. The number of piperazine rings is 1. The summed E-state index contributed by atoms with van der Waals surface area (Å²) in [5.41, 5.74) is 1.01. The molecule has 1 N–H and O–H groups in total. The predicted octanol–water partition coefficient (Wildman–Crippen LogP) is 2.93. The molecule has 0 spiro atoms. The van der Waals surface area contributed by atoms with Crippen molar-refractivity contribution in [1.29, 1.82) is 0 Å². The second-order valence-electron chi connectivity index (χ2n) is 7.29. The van der Waals surface area contributed by atoms with Gasteiger partial charge < -0.3 is 24.6 Å². The number of halogens is 2. The number of hydrogen-bond donors (Lipinski definition) is 1. The van der Waals surface area contributed by atoms with Crippen molar-refractivity contribution in [3.8, 4) is 0 Å². The molecular formula is C21H32ClIN4O3. The smallest absolute Gasteiger partial charge is 0.251 e. The SMILES string of the molecule is CCNC(=NCC(OC)c1cccc(Cl)c1)N1CCN(C(=O)C2CCCO2)CC1.I. The minimum atomic E-state index is -0.247. The Morgan fingerprint density at radius 1 is 1.33 bits per heavy atom. The van der Waals surface area contributed by atoms with Crippen LogP contribution in [0.3, 0.4) is 0 Å². The van der Waals surface area contributed by atoms with Crippen LogP contribution in [0.5, 0.6) is 0 Å². The molecule has 2 unspecified atom stereocenters. The molecule has 30 heavy (non-hydrogen) atoms. The third-order valence-electron chi connectivity index (χ3n) is 5.34. The summed E-state index contributed by atoms with van der Waals surface area (Å²) < 4.78 is 11.2. The van der Waals surface area contributed by atoms with Gasteiger partial charge in [-0.05, 0) is 37.5 Å². The third kappa shape index (κ3) is 6.70. The van der Waals surface area contributed by atoms with E-state index in [1.807, 2.05) is 29.2 Å². The Kier molecular flexibility index (Phi) is 10.6. The van der Waals surface area contributed by atoms with Crippen molar-refractivity contribution >= 4 is 47.4 Å². The van der Waals surface area contributed by atoms with Gasteiger partial charge in [0.25, 0.3) is 5.91 Å². The van der Waals surface area contributed by atoms with E-state index in [0.29, 0.717) is 31.3 Å². The van der Waals surface area contributed by atoms with Crippen molar-refractivity contribution in [2.24, 2.45) is 4.99 Å². The Hall–Kier alpha value is -1.10. The number of carbonyl (C=O) groups excluding carboxylic acids is 1. The van der Waals surface area contributed by atoms with Gasteiger partial charge in [0.2, 0.25) is 0 Å². The maximum atomic E-state index is 12.6. The Morgan fingerprint density at radius 3 is 2.67 bits per heavy atom. The Labute approximate surface area is 201 Å². The number of nitrogens with zero attached hydrogens (tertiary/aromatic N) is 3. The van der Waals surface area contributed by atoms with Gasteiger partial charge in [0.15, 0.2) is 5.96 Å². The first kappa shape index (κ1) is 25.2. The minimum Gasteiger partial charge on any atom is -0.375 e. The summed E-state index contributed by atoms with van der Waals surface area (Å²) in [6, 6.07) is 7.68. The lowest BCUT2D eigenvalue weighted by Gasteiger charge is -2.37. The fourth-order valence-corrected chi connectivity index (χ4v) is 3.93. The zero-order chi connectivity index (χ0) is 20.6. The number of aliphatic imine (C=N–C) groups is 1. The number of methoxy groups -OCH3 is 1. The summed E-state index contributed by atoms with van der Waals surface area (Å²) >= 11 is 6.11. The monoisotopic (exact) mass is 550 g/mol. The lowest BCUT2D eigenvalue weighted by molar-refractivity contribution is -0.142. The van der Waals surface area contributed by atoms with Gasteiger partial charge in [-0.1, -0.05) is 23.7 Å². The van der Waals surface area contributed by atoms with Crippen LogP contribution in [0, 0.1) is 0 Å². The fraction of sp³-hybridized carbons (Fsp3) is 0.619. The van der Waals surface area contributed by atoms with E-state index in [1.54, 1.807) is 7.11 Å². The summed E-state index contributed by atoms with van der Waals surface area (Å²) in [6.07, 6.45) is 1.40. The van der Waals surface area contributed by atoms with E-state index in [-0.39, 0.29) is 42.1 Å². The first-order valence-corrected chi connectivity index (χ1v) is 10.7. The number of carbonyl (C=O) groups is 1. The van der Waals surface area contributed by atoms with Crippen LogP contribution in [0.1, 0.15) is 31.4 Å². The fourth-order valence-electron chi connectivity index (χ4n) is 3.73. The molecule has 2 atom stereocenters. The van der Waals surface area contributed by atoms with Crippen LogP contribution in [-0.4, -0.2) is 80.8 Å². The van der Waals surface area contributed by atoms with E-state index in [1.165, 1.54) is 0 Å². The molecule has 1 aromatic carbocycles. The average Bonchev–Trinajstić information content (AvgIpc) is 3.28. The van der Waals surface area contributed by atoms with Crippen LogP contribution in [-0.2, 0) is 14.3 Å². The maximum absolute atomic E-state index is 12.6. The normalized spacial score (nSPS) is 20.6. The molecule has 7 nitrogen and oxygen atoms in total. The quantitative estimate of drug-likeness (QED) is 0.335. The summed E-state index contributed by atoms with van der Waals surface area (Å²) in [5.74, 6) is 0.977. The van der Waals surface area contributed by atoms with Crippen molar-refractivity contribution in [3.05, 3.63) is 34.9 Å². The second kappa shape index (κ2) is 12.7. The van der Waals surface area contributed by atoms with Gasteiger partial charge in [0, 0.05) is 51.5 Å². The van der Waals surface area contributed by atoms with Crippen LogP contribution in [0.2, 0.25) is 5.02 Å². The molecule has 2 heterocycles. The van der Waals surface area contributed by atoms with E-state index in [9.17, 15) is 4.79 Å². The molecule has 1 amide bonds. The highest BCUT2D eigenvalue weighted by Gasteiger charge is 2.31. The molecule has 9 heteroatoms. The summed E-state index contributed by atoms with van der Waals surface area (Å²) in [6.45, 7) is 6.89. The van der Waals surface area contributed by atoms with Gasteiger partial charge in [-0.25, -0.2) is 0 Å². The second-order valence-corrected chi connectivity index (χ2v) is 7.72. The van der Waals surface area contributed by atoms with Gasteiger partial charge in [-0.2, -0.15) is 0 Å².